The highest BCUT2D eigenvalue weighted by molar-refractivity contribution is 8.14. The molecule has 8 nitrogen and oxygen atoms in total. The van der Waals surface area contributed by atoms with Crippen LogP contribution in [-0.4, -0.2) is 48.3 Å². The van der Waals surface area contributed by atoms with Crippen molar-refractivity contribution in [3.63, 3.8) is 0 Å². The van der Waals surface area contributed by atoms with E-state index in [1.807, 2.05) is 0 Å². The summed E-state index contributed by atoms with van der Waals surface area (Å²) < 4.78 is 45.4. The van der Waals surface area contributed by atoms with E-state index in [0.717, 1.165) is 6.33 Å². The number of aromatic amines is 1. The maximum Gasteiger partial charge on any atom is 0.233 e. The third kappa shape index (κ3) is 2.76. The van der Waals surface area contributed by atoms with Gasteiger partial charge in [-0.1, -0.05) is 0 Å². The van der Waals surface area contributed by atoms with E-state index >= 15 is 0 Å². The van der Waals surface area contributed by atoms with Gasteiger partial charge in [-0.2, -0.15) is 0 Å². The molecule has 2 aromatic rings. The minimum absolute atomic E-state index is 0.143. The van der Waals surface area contributed by atoms with E-state index in [4.69, 9.17) is 10.7 Å². The van der Waals surface area contributed by atoms with E-state index in [1.54, 1.807) is 0 Å². The van der Waals surface area contributed by atoms with Crippen molar-refractivity contribution >= 4 is 40.7 Å². The van der Waals surface area contributed by atoms with Crippen LogP contribution in [0.3, 0.4) is 0 Å². The van der Waals surface area contributed by atoms with Crippen molar-refractivity contribution in [1.82, 2.24) is 19.9 Å². The molecule has 0 bridgehead atoms. The average Bonchev–Trinajstić information content (AvgIpc) is 2.73. The molecule has 0 aliphatic heterocycles. The Bertz CT molecular complexity index is 783. The number of nitrogens with one attached hydrogen (secondary N) is 1. The molecule has 0 aliphatic carbocycles. The lowest BCUT2D eigenvalue weighted by Crippen LogP contribution is -2.16. The normalized spacial score (nSPS) is 12.9. The fourth-order valence-corrected chi connectivity index (χ4v) is 4.39. The lowest BCUT2D eigenvalue weighted by atomic mass is 10.6. The highest BCUT2D eigenvalue weighted by Crippen LogP contribution is 2.17. The Morgan fingerprint density at radius 3 is 2.50 bits per heavy atom. The first-order chi connectivity index (χ1) is 8.30. The summed E-state index contributed by atoms with van der Waals surface area (Å²) in [5, 5.41) is -0.287. The highest BCUT2D eigenvalue weighted by atomic mass is 35.7. The molecule has 0 radical (unpaired) electrons. The first-order valence-corrected chi connectivity index (χ1v) is 8.72. The lowest BCUT2D eigenvalue weighted by molar-refractivity contribution is 0.590. The number of fused-ring (bicyclic) bond motifs is 1. The quantitative estimate of drug-likeness (QED) is 0.607. The zero-order chi connectivity index (χ0) is 13.4. The SMILES string of the molecule is O=S(=O)(Cl)CCS(=O)(=O)c1ncnc2nc[nH]c12. The van der Waals surface area contributed by atoms with Gasteiger partial charge in [0.25, 0.3) is 0 Å². The van der Waals surface area contributed by atoms with Crippen LogP contribution < -0.4 is 0 Å². The maximum absolute atomic E-state index is 11.9. The number of hydrogen-bond donors (Lipinski definition) is 1. The summed E-state index contributed by atoms with van der Waals surface area (Å²) in [5.41, 5.74) is 0.335. The van der Waals surface area contributed by atoms with Crippen LogP contribution >= 0.6 is 10.7 Å². The van der Waals surface area contributed by atoms with E-state index in [0.29, 0.717) is 0 Å². The first-order valence-electron chi connectivity index (χ1n) is 4.59. The third-order valence-corrected chi connectivity index (χ3v) is 5.13. The second kappa shape index (κ2) is 4.44. The molecule has 11 heteroatoms. The van der Waals surface area contributed by atoms with Crippen LogP contribution in [0.25, 0.3) is 11.2 Å². The minimum atomic E-state index is -3.88. The second-order valence-corrected chi connectivity index (χ2v) is 8.26. The van der Waals surface area contributed by atoms with Gasteiger partial charge >= 0.3 is 0 Å². The second-order valence-electron chi connectivity index (χ2n) is 3.34. The molecule has 0 spiro atoms. The van der Waals surface area contributed by atoms with Gasteiger partial charge in [-0.25, -0.2) is 31.8 Å². The van der Waals surface area contributed by atoms with Crippen LogP contribution in [0, 0.1) is 0 Å². The Morgan fingerprint density at radius 2 is 1.83 bits per heavy atom. The molecule has 0 saturated heterocycles. The minimum Gasteiger partial charge on any atom is -0.341 e. The number of sulfone groups is 1. The van der Waals surface area contributed by atoms with Crippen LogP contribution in [0.4, 0.5) is 0 Å². The first kappa shape index (κ1) is 13.2. The Morgan fingerprint density at radius 1 is 1.11 bits per heavy atom. The van der Waals surface area contributed by atoms with Crippen molar-refractivity contribution in [2.24, 2.45) is 0 Å². The molecule has 0 aromatic carbocycles. The number of hydrogen-bond acceptors (Lipinski definition) is 7. The largest absolute Gasteiger partial charge is 0.341 e. The van der Waals surface area contributed by atoms with Crippen LogP contribution in [0.2, 0.25) is 0 Å². The van der Waals surface area contributed by atoms with E-state index < -0.39 is 30.4 Å². The van der Waals surface area contributed by atoms with Gasteiger partial charge in [-0.15, -0.1) is 0 Å². The number of halogens is 1. The topological polar surface area (TPSA) is 123 Å². The molecule has 2 heterocycles. The molecule has 98 valence electrons. The highest BCUT2D eigenvalue weighted by Gasteiger charge is 2.23. The molecular formula is C7H7ClN4O4S2. The van der Waals surface area contributed by atoms with Crippen molar-refractivity contribution in [3.05, 3.63) is 12.7 Å². The van der Waals surface area contributed by atoms with Gasteiger partial charge in [0.2, 0.25) is 9.05 Å². The Kier molecular flexibility index (Phi) is 3.25. The molecule has 0 atom stereocenters. The fraction of sp³-hybridized carbons (Fsp3) is 0.286. The molecule has 2 aromatic heterocycles. The van der Waals surface area contributed by atoms with Crippen LogP contribution in [0.15, 0.2) is 17.7 Å². The van der Waals surface area contributed by atoms with E-state index in [9.17, 15) is 16.8 Å². The number of rotatable bonds is 4. The van der Waals surface area contributed by atoms with E-state index in [-0.39, 0.29) is 16.2 Å². The van der Waals surface area contributed by atoms with Gasteiger partial charge in [0.15, 0.2) is 20.5 Å². The number of nitrogens with zero attached hydrogens (tertiary/aromatic N) is 3. The van der Waals surface area contributed by atoms with Gasteiger partial charge in [-0.05, 0) is 0 Å². The summed E-state index contributed by atoms with van der Waals surface area (Å²) in [6.07, 6.45) is 2.32. The molecule has 0 unspecified atom stereocenters. The fourth-order valence-electron chi connectivity index (χ4n) is 1.28. The van der Waals surface area contributed by atoms with Gasteiger partial charge in [0, 0.05) is 10.7 Å². The zero-order valence-electron chi connectivity index (χ0n) is 8.74. The summed E-state index contributed by atoms with van der Waals surface area (Å²) in [6, 6.07) is 0. The molecular weight excluding hydrogens is 304 g/mol. The van der Waals surface area contributed by atoms with Gasteiger partial charge in [-0.3, -0.25) is 0 Å². The smallest absolute Gasteiger partial charge is 0.233 e. The molecule has 1 N–H and O–H groups in total. The lowest BCUT2D eigenvalue weighted by Gasteiger charge is -2.02. The Balaban J connectivity index is 2.44. The Labute approximate surface area is 107 Å². The third-order valence-electron chi connectivity index (χ3n) is 2.08. The summed E-state index contributed by atoms with van der Waals surface area (Å²) in [6.45, 7) is 0. The van der Waals surface area contributed by atoms with Crippen molar-refractivity contribution < 1.29 is 16.8 Å². The standard InChI is InChI=1S/C7H7ClN4O4S2/c8-18(15,16)2-1-17(13,14)7-5-6(10-3-9-5)11-4-12-7/h3-4H,1-2H2,(H,9,10,11,12). The van der Waals surface area contributed by atoms with Crippen molar-refractivity contribution in [2.45, 2.75) is 5.03 Å². The van der Waals surface area contributed by atoms with Crippen molar-refractivity contribution in [1.29, 1.82) is 0 Å². The van der Waals surface area contributed by atoms with E-state index in [1.165, 1.54) is 6.33 Å². The Hall–Kier alpha value is -1.26. The van der Waals surface area contributed by atoms with Crippen molar-refractivity contribution in [3.8, 4) is 0 Å². The number of imidazole rings is 1. The molecule has 2 rings (SSSR count). The monoisotopic (exact) mass is 310 g/mol. The summed E-state index contributed by atoms with van der Waals surface area (Å²) in [4.78, 5) is 13.8. The molecule has 18 heavy (non-hydrogen) atoms. The number of H-pyrrole nitrogens is 1. The van der Waals surface area contributed by atoms with E-state index in [2.05, 4.69) is 19.9 Å². The van der Waals surface area contributed by atoms with Crippen molar-refractivity contribution in [2.75, 3.05) is 11.5 Å². The molecule has 0 amide bonds. The predicted octanol–water partition coefficient (Wildman–Crippen LogP) is -0.305. The average molecular weight is 311 g/mol. The van der Waals surface area contributed by atoms with Crippen LogP contribution in [0.1, 0.15) is 0 Å². The van der Waals surface area contributed by atoms with Gasteiger partial charge < -0.3 is 4.98 Å². The molecule has 0 fully saturated rings. The summed E-state index contributed by atoms with van der Waals surface area (Å²) in [7, 11) is -2.78. The summed E-state index contributed by atoms with van der Waals surface area (Å²) >= 11 is 0. The van der Waals surface area contributed by atoms with Crippen LogP contribution in [-0.2, 0) is 18.9 Å². The van der Waals surface area contributed by atoms with Crippen LogP contribution in [0.5, 0.6) is 0 Å². The maximum atomic E-state index is 11.9. The van der Waals surface area contributed by atoms with Gasteiger partial charge in [0.1, 0.15) is 11.8 Å². The number of aromatic nitrogens is 4. The predicted molar refractivity (Wildman–Crippen MR) is 63.4 cm³/mol. The summed E-state index contributed by atoms with van der Waals surface area (Å²) in [5.74, 6) is -1.33. The molecule has 0 saturated carbocycles. The molecule has 0 aliphatic rings. The van der Waals surface area contributed by atoms with Gasteiger partial charge in [0.05, 0.1) is 17.8 Å². The zero-order valence-corrected chi connectivity index (χ0v) is 11.1.